The molecule has 4 heteroatoms. The highest BCUT2D eigenvalue weighted by molar-refractivity contribution is 6.51. The normalized spacial score (nSPS) is 11.7. The standard InChI is InChI=1S/C8H6Cl4/c9-5-8(11,12)6-1-3-7(10)4-2-6/h1-4H,5H2. The zero-order valence-electron chi connectivity index (χ0n) is 6.03. The molecule has 1 aromatic rings. The SMILES string of the molecule is ClCC(Cl)(Cl)c1ccc(Cl)cc1. The summed E-state index contributed by atoms with van der Waals surface area (Å²) in [6.45, 7) is 0. The van der Waals surface area contributed by atoms with E-state index in [1.165, 1.54) is 0 Å². The molecule has 0 fully saturated rings. The largest absolute Gasteiger partial charge is 0.156 e. The predicted octanol–water partition coefficient (Wildman–Crippen LogP) is 4.21. The van der Waals surface area contributed by atoms with E-state index in [9.17, 15) is 0 Å². The van der Waals surface area contributed by atoms with Gasteiger partial charge in [0.2, 0.25) is 0 Å². The van der Waals surface area contributed by atoms with Gasteiger partial charge < -0.3 is 0 Å². The minimum absolute atomic E-state index is 0.151. The lowest BCUT2D eigenvalue weighted by Gasteiger charge is -2.15. The predicted molar refractivity (Wildman–Crippen MR) is 55.6 cm³/mol. The molecule has 0 aliphatic heterocycles. The van der Waals surface area contributed by atoms with Gasteiger partial charge >= 0.3 is 0 Å². The zero-order chi connectivity index (χ0) is 9.19. The third-order valence-electron chi connectivity index (χ3n) is 1.43. The fourth-order valence-corrected chi connectivity index (χ4v) is 1.30. The Balaban J connectivity index is 2.96. The van der Waals surface area contributed by atoms with Crippen LogP contribution in [0.1, 0.15) is 5.56 Å². The van der Waals surface area contributed by atoms with Crippen molar-refractivity contribution < 1.29 is 0 Å². The Hall–Kier alpha value is 0.380. The second kappa shape index (κ2) is 4.06. The van der Waals surface area contributed by atoms with Gasteiger partial charge in [0, 0.05) is 5.02 Å². The van der Waals surface area contributed by atoms with E-state index in [4.69, 9.17) is 46.4 Å². The van der Waals surface area contributed by atoms with E-state index in [0.717, 1.165) is 5.56 Å². The molecule has 0 aromatic heterocycles. The van der Waals surface area contributed by atoms with Crippen LogP contribution < -0.4 is 0 Å². The van der Waals surface area contributed by atoms with Crippen LogP contribution in [-0.2, 0) is 4.33 Å². The van der Waals surface area contributed by atoms with E-state index in [1.807, 2.05) is 0 Å². The molecule has 0 radical (unpaired) electrons. The van der Waals surface area contributed by atoms with Crippen molar-refractivity contribution in [3.05, 3.63) is 34.9 Å². The van der Waals surface area contributed by atoms with Crippen LogP contribution in [0, 0.1) is 0 Å². The maximum absolute atomic E-state index is 5.89. The fourth-order valence-electron chi connectivity index (χ4n) is 0.771. The highest BCUT2D eigenvalue weighted by atomic mass is 35.5. The van der Waals surface area contributed by atoms with Crippen LogP contribution in [0.2, 0.25) is 5.02 Å². The monoisotopic (exact) mass is 242 g/mol. The van der Waals surface area contributed by atoms with E-state index in [1.54, 1.807) is 24.3 Å². The molecule has 66 valence electrons. The number of hydrogen-bond acceptors (Lipinski definition) is 0. The molecule has 0 bridgehead atoms. The van der Waals surface area contributed by atoms with Gasteiger partial charge in [0.05, 0.1) is 5.88 Å². The lowest BCUT2D eigenvalue weighted by molar-refractivity contribution is 0.987. The minimum atomic E-state index is -1.02. The lowest BCUT2D eigenvalue weighted by atomic mass is 10.2. The van der Waals surface area contributed by atoms with E-state index >= 15 is 0 Å². The first-order valence-corrected chi connectivity index (χ1v) is 4.93. The molecule has 1 aromatic carbocycles. The van der Waals surface area contributed by atoms with Gasteiger partial charge in [-0.15, -0.1) is 11.6 Å². The summed E-state index contributed by atoms with van der Waals surface area (Å²) in [4.78, 5) is 0. The summed E-state index contributed by atoms with van der Waals surface area (Å²) in [7, 11) is 0. The van der Waals surface area contributed by atoms with Crippen molar-refractivity contribution in [3.8, 4) is 0 Å². The first kappa shape index (κ1) is 10.5. The van der Waals surface area contributed by atoms with E-state index in [0.29, 0.717) is 5.02 Å². The van der Waals surface area contributed by atoms with Gasteiger partial charge in [-0.1, -0.05) is 46.9 Å². The van der Waals surface area contributed by atoms with Gasteiger partial charge in [0.15, 0.2) is 4.33 Å². The van der Waals surface area contributed by atoms with E-state index in [2.05, 4.69) is 0 Å². The first-order valence-electron chi connectivity index (χ1n) is 3.26. The maximum atomic E-state index is 5.89. The summed E-state index contributed by atoms with van der Waals surface area (Å²) >= 11 is 23.0. The average molecular weight is 244 g/mol. The third kappa shape index (κ3) is 2.43. The Kier molecular flexibility index (Phi) is 3.54. The molecule has 0 nitrogen and oxygen atoms in total. The second-order valence-corrected chi connectivity index (χ2v) is 4.53. The molecule has 1 rings (SSSR count). The van der Waals surface area contributed by atoms with Crippen LogP contribution in [0.4, 0.5) is 0 Å². The Morgan fingerprint density at radius 2 is 1.58 bits per heavy atom. The first-order chi connectivity index (χ1) is 5.56. The van der Waals surface area contributed by atoms with Crippen LogP contribution in [0.3, 0.4) is 0 Å². The van der Waals surface area contributed by atoms with Crippen molar-refractivity contribution in [3.63, 3.8) is 0 Å². The number of benzene rings is 1. The van der Waals surface area contributed by atoms with Crippen molar-refractivity contribution in [2.24, 2.45) is 0 Å². The maximum Gasteiger partial charge on any atom is 0.156 e. The number of hydrogen-bond donors (Lipinski definition) is 0. The molecule has 0 unspecified atom stereocenters. The molecule has 0 atom stereocenters. The molecule has 0 N–H and O–H groups in total. The zero-order valence-corrected chi connectivity index (χ0v) is 9.05. The lowest BCUT2D eigenvalue weighted by Crippen LogP contribution is -2.11. The summed E-state index contributed by atoms with van der Waals surface area (Å²) in [5.74, 6) is 0.151. The van der Waals surface area contributed by atoms with Crippen molar-refractivity contribution >= 4 is 46.4 Å². The number of halogens is 4. The Bertz CT molecular complexity index is 252. The Morgan fingerprint density at radius 1 is 1.08 bits per heavy atom. The smallest absolute Gasteiger partial charge is 0.123 e. The molecule has 12 heavy (non-hydrogen) atoms. The van der Waals surface area contributed by atoms with Gasteiger partial charge in [-0.2, -0.15) is 0 Å². The topological polar surface area (TPSA) is 0 Å². The number of alkyl halides is 3. The van der Waals surface area contributed by atoms with Crippen molar-refractivity contribution in [2.75, 3.05) is 5.88 Å². The summed E-state index contributed by atoms with van der Waals surface area (Å²) < 4.78 is -1.02. The van der Waals surface area contributed by atoms with Gasteiger partial charge in [-0.05, 0) is 17.7 Å². The van der Waals surface area contributed by atoms with Crippen molar-refractivity contribution in [1.82, 2.24) is 0 Å². The quantitative estimate of drug-likeness (QED) is 0.683. The van der Waals surface area contributed by atoms with E-state index in [-0.39, 0.29) is 5.88 Å². The molecule has 0 spiro atoms. The van der Waals surface area contributed by atoms with Crippen LogP contribution in [-0.4, -0.2) is 5.88 Å². The highest BCUT2D eigenvalue weighted by Gasteiger charge is 2.24. The third-order valence-corrected chi connectivity index (χ3v) is 3.06. The van der Waals surface area contributed by atoms with Gasteiger partial charge in [-0.3, -0.25) is 0 Å². The molecular formula is C8H6Cl4. The summed E-state index contributed by atoms with van der Waals surface area (Å²) in [6, 6.07) is 6.96. The Labute approximate surface area is 91.4 Å². The number of rotatable bonds is 2. The molecular weight excluding hydrogens is 238 g/mol. The van der Waals surface area contributed by atoms with Crippen LogP contribution in [0.15, 0.2) is 24.3 Å². The van der Waals surface area contributed by atoms with Gasteiger partial charge in [0.1, 0.15) is 0 Å². The van der Waals surface area contributed by atoms with Crippen LogP contribution >= 0.6 is 46.4 Å². The molecule has 0 saturated heterocycles. The van der Waals surface area contributed by atoms with E-state index < -0.39 is 4.33 Å². The van der Waals surface area contributed by atoms with Gasteiger partial charge in [-0.25, -0.2) is 0 Å². The summed E-state index contributed by atoms with van der Waals surface area (Å²) in [5, 5.41) is 0.650. The van der Waals surface area contributed by atoms with Crippen LogP contribution in [0.25, 0.3) is 0 Å². The Morgan fingerprint density at radius 3 is 2.00 bits per heavy atom. The molecule has 0 aliphatic rings. The summed E-state index contributed by atoms with van der Waals surface area (Å²) in [5.41, 5.74) is 0.755. The molecule has 0 saturated carbocycles. The average Bonchev–Trinajstić information content (AvgIpc) is 2.05. The summed E-state index contributed by atoms with van der Waals surface area (Å²) in [6.07, 6.45) is 0. The van der Waals surface area contributed by atoms with Gasteiger partial charge in [0.25, 0.3) is 0 Å². The van der Waals surface area contributed by atoms with Crippen molar-refractivity contribution in [1.29, 1.82) is 0 Å². The highest BCUT2D eigenvalue weighted by Crippen LogP contribution is 2.35. The van der Waals surface area contributed by atoms with Crippen molar-refractivity contribution in [2.45, 2.75) is 4.33 Å². The van der Waals surface area contributed by atoms with Crippen LogP contribution in [0.5, 0.6) is 0 Å². The molecule has 0 heterocycles. The fraction of sp³-hybridized carbons (Fsp3) is 0.250. The molecule has 0 aliphatic carbocycles. The molecule has 0 amide bonds. The minimum Gasteiger partial charge on any atom is -0.123 e. The second-order valence-electron chi connectivity index (χ2n) is 2.34.